The third-order valence-electron chi connectivity index (χ3n) is 10.8. The molecule has 29 heteroatoms. The molecule has 2 aromatic rings. The Morgan fingerprint density at radius 3 is 1.46 bits per heavy atom. The molecule has 0 aliphatic rings. The number of primary amides is 2. The second-order valence-electron chi connectivity index (χ2n) is 17.8. The molecule has 0 unspecified atom stereocenters. The first-order valence-corrected chi connectivity index (χ1v) is 26.7. The fourth-order valence-electron chi connectivity index (χ4n) is 6.61. The predicted octanol–water partition coefficient (Wildman–Crippen LogP) is -2.82. The van der Waals surface area contributed by atoms with Crippen LogP contribution in [0.1, 0.15) is 59.9 Å². The van der Waals surface area contributed by atoms with Gasteiger partial charge < -0.3 is 96.6 Å². The van der Waals surface area contributed by atoms with Crippen LogP contribution in [0.5, 0.6) is 0 Å². The van der Waals surface area contributed by atoms with Gasteiger partial charge in [-0.2, -0.15) is 0 Å². The average Bonchev–Trinajstić information content (AvgIpc) is 3.45. The summed E-state index contributed by atoms with van der Waals surface area (Å²) in [7, 11) is 0. The molecule has 0 saturated carbocycles. The Labute approximate surface area is 476 Å². The monoisotopic (exact) mass is 1160 g/mol. The van der Waals surface area contributed by atoms with Gasteiger partial charge in [-0.1, -0.05) is 51.1 Å². The number of amides is 10. The van der Waals surface area contributed by atoms with Crippen molar-refractivity contribution in [1.29, 1.82) is 0 Å². The number of nitrogens with one attached hydrogen (secondary N) is 8. The van der Waals surface area contributed by atoms with Gasteiger partial charge in [-0.25, -0.2) is 0 Å². The molecule has 2 rings (SSSR count). The van der Waals surface area contributed by atoms with E-state index in [0.717, 1.165) is 0 Å². The number of carbonyl (C=O) groups is 10. The van der Waals surface area contributed by atoms with Gasteiger partial charge in [0.2, 0.25) is 47.3 Å². The molecule has 2 atom stereocenters. The van der Waals surface area contributed by atoms with Crippen LogP contribution >= 0.6 is 0 Å². The molecular formula is C53H82N10O19. The Bertz CT molecular complexity index is 2260. The zero-order chi connectivity index (χ0) is 60.2. The summed E-state index contributed by atoms with van der Waals surface area (Å²) in [6.45, 7) is 8.25. The van der Waals surface area contributed by atoms with Crippen LogP contribution < -0.4 is 54.0 Å². The number of hydrogen-bond acceptors (Lipinski definition) is 19. The highest BCUT2D eigenvalue weighted by molar-refractivity contribution is 6.03. The van der Waals surface area contributed by atoms with Crippen molar-refractivity contribution in [3.05, 3.63) is 65.2 Å². The first-order chi connectivity index (χ1) is 39.5. The van der Waals surface area contributed by atoms with Crippen molar-refractivity contribution in [2.75, 3.05) is 151 Å². The van der Waals surface area contributed by atoms with Crippen molar-refractivity contribution in [2.45, 2.75) is 52.1 Å². The van der Waals surface area contributed by atoms with E-state index in [-0.39, 0.29) is 93.5 Å². The summed E-state index contributed by atoms with van der Waals surface area (Å²) in [6, 6.07) is 10.9. The molecule has 2 aromatic carbocycles. The molecule has 0 aliphatic carbocycles. The fraction of sp³-hybridized carbons (Fsp3) is 0.585. The molecule has 12 N–H and O–H groups in total. The number of hydrogen-bond donors (Lipinski definition) is 10. The Hall–Kier alpha value is -7.22. The highest BCUT2D eigenvalue weighted by atomic mass is 16.6. The quantitative estimate of drug-likeness (QED) is 0.0236. The van der Waals surface area contributed by atoms with Gasteiger partial charge in [0, 0.05) is 42.6 Å². The summed E-state index contributed by atoms with van der Waals surface area (Å²) in [5, 5.41) is 20.0. The van der Waals surface area contributed by atoms with Gasteiger partial charge in [0.1, 0.15) is 25.4 Å². The number of carbonyl (C=O) groups excluding carboxylic acids is 10. The number of anilines is 1. The molecule has 0 aliphatic heterocycles. The second kappa shape index (κ2) is 44.4. The van der Waals surface area contributed by atoms with E-state index in [1.165, 1.54) is 18.2 Å². The van der Waals surface area contributed by atoms with Crippen molar-refractivity contribution in [2.24, 2.45) is 17.4 Å². The zero-order valence-electron chi connectivity index (χ0n) is 46.9. The molecule has 0 heterocycles. The summed E-state index contributed by atoms with van der Waals surface area (Å²) in [4.78, 5) is 123. The van der Waals surface area contributed by atoms with E-state index < -0.39 is 85.6 Å². The molecule has 0 radical (unpaired) electrons. The first kappa shape index (κ1) is 70.9. The third kappa shape index (κ3) is 35.5. The maximum absolute atomic E-state index is 13.2. The first-order valence-electron chi connectivity index (χ1n) is 26.7. The number of nitrogens with two attached hydrogens (primary N) is 2. The summed E-state index contributed by atoms with van der Waals surface area (Å²) < 4.78 is 48.7. The molecular weight excluding hydrogens is 1080 g/mol. The smallest absolute Gasteiger partial charge is 0.251 e. The van der Waals surface area contributed by atoms with Crippen molar-refractivity contribution in [3.8, 4) is 0 Å². The lowest BCUT2D eigenvalue weighted by Gasteiger charge is -2.19. The maximum atomic E-state index is 13.2. The third-order valence-corrected chi connectivity index (χ3v) is 10.8. The molecule has 0 fully saturated rings. The van der Waals surface area contributed by atoms with E-state index in [4.69, 9.17) is 54.1 Å². The van der Waals surface area contributed by atoms with E-state index in [1.807, 2.05) is 0 Å². The van der Waals surface area contributed by atoms with Crippen LogP contribution in [0.15, 0.2) is 48.5 Å². The minimum absolute atomic E-state index is 0.0375. The van der Waals surface area contributed by atoms with Crippen LogP contribution in [0.2, 0.25) is 0 Å². The van der Waals surface area contributed by atoms with Crippen molar-refractivity contribution in [3.63, 3.8) is 0 Å². The Balaban J connectivity index is 1.57. The van der Waals surface area contributed by atoms with Crippen molar-refractivity contribution in [1.82, 2.24) is 37.2 Å². The molecule has 0 spiro atoms. The highest BCUT2D eigenvalue weighted by Crippen LogP contribution is 2.16. The molecule has 0 saturated heterocycles. The lowest BCUT2D eigenvalue weighted by molar-refractivity contribution is -0.131. The van der Waals surface area contributed by atoms with E-state index in [1.54, 1.807) is 51.1 Å². The normalized spacial score (nSPS) is 11.7. The van der Waals surface area contributed by atoms with Crippen LogP contribution in [-0.2, 0) is 87.4 Å². The summed E-state index contributed by atoms with van der Waals surface area (Å²) in [5.74, 6) is -6.28. The number of ether oxygens (including phenoxy) is 9. The minimum Gasteiger partial charge on any atom is -0.379 e. The lowest BCUT2D eigenvalue weighted by Crippen LogP contribution is -2.52. The Kier molecular flexibility index (Phi) is 38.4. The number of rotatable bonds is 48. The molecule has 458 valence electrons. The number of benzene rings is 2. The van der Waals surface area contributed by atoms with Crippen LogP contribution in [-0.4, -0.2) is 216 Å². The van der Waals surface area contributed by atoms with Gasteiger partial charge in [-0.15, -0.1) is 0 Å². The van der Waals surface area contributed by atoms with Gasteiger partial charge in [0.05, 0.1) is 125 Å². The highest BCUT2D eigenvalue weighted by Gasteiger charge is 2.24. The topological polar surface area (TPSA) is 402 Å². The Morgan fingerprint density at radius 1 is 0.488 bits per heavy atom. The zero-order valence-corrected chi connectivity index (χ0v) is 46.9. The van der Waals surface area contributed by atoms with Gasteiger partial charge in [0.25, 0.3) is 11.8 Å². The van der Waals surface area contributed by atoms with E-state index in [9.17, 15) is 47.9 Å². The van der Waals surface area contributed by atoms with Crippen LogP contribution in [0.3, 0.4) is 0 Å². The van der Waals surface area contributed by atoms with Crippen LogP contribution in [0, 0.1) is 5.92 Å². The van der Waals surface area contributed by atoms with Gasteiger partial charge >= 0.3 is 0 Å². The molecule has 0 bridgehead atoms. The lowest BCUT2D eigenvalue weighted by atomic mass is 10.0. The molecule has 82 heavy (non-hydrogen) atoms. The molecule has 0 aromatic heterocycles. The molecule has 29 nitrogen and oxygen atoms in total. The van der Waals surface area contributed by atoms with E-state index in [0.29, 0.717) is 84.8 Å². The van der Waals surface area contributed by atoms with Crippen molar-refractivity contribution >= 4 is 64.8 Å². The minimum atomic E-state index is -1.15. The van der Waals surface area contributed by atoms with Crippen LogP contribution in [0.4, 0.5) is 5.69 Å². The van der Waals surface area contributed by atoms with Crippen molar-refractivity contribution < 1.29 is 90.6 Å². The maximum Gasteiger partial charge on any atom is 0.251 e. The van der Waals surface area contributed by atoms with E-state index in [2.05, 4.69) is 42.5 Å². The van der Waals surface area contributed by atoms with Gasteiger partial charge in [0.15, 0.2) is 0 Å². The standard InChI is InChI=1S/C53H82N10O19/c1-4-44(65)61-41-30-39(29-40(31-41)52(72)58-32-46(67)57-34-48(69)62-42(28-38-8-6-5-7-9-38)53(73)59-33-47(68)60-36-82-35-43(54)64)51(71)56-11-13-75-15-17-77-19-21-79-23-25-81-27-26-80-24-22-78-20-18-76-16-14-74-12-10-45(66)63-49(37(2)3)50(55)70/h5-9,29-31,37,42,49H,4,10-28,32-36H2,1-3H3,(H2,54,64)(H2,55,70)(H,56,71)(H,57,67)(H,58,72)(H,59,73)(H,60,68)(H,61,65)(H,62,69)(H,63,66)/t42-,49-/m0/s1. The summed E-state index contributed by atoms with van der Waals surface area (Å²) >= 11 is 0. The largest absolute Gasteiger partial charge is 0.379 e. The SMILES string of the molecule is CCC(=O)Nc1cc(C(=O)NCCOCCOCCOCCOCCOCCOCCOCCOCCC(=O)N[C@H](C(N)=O)C(C)C)cc(C(=O)NCC(=O)NCC(=O)N[C@@H](Cc2ccccc2)C(=O)NCC(=O)NCOCC(N)=O)c1. The van der Waals surface area contributed by atoms with Crippen LogP contribution in [0.25, 0.3) is 0 Å². The van der Waals surface area contributed by atoms with E-state index >= 15 is 0 Å². The fourth-order valence-corrected chi connectivity index (χ4v) is 6.61. The average molecular weight is 1160 g/mol. The second-order valence-corrected chi connectivity index (χ2v) is 17.8. The van der Waals surface area contributed by atoms with Gasteiger partial charge in [-0.05, 0) is 29.7 Å². The summed E-state index contributed by atoms with van der Waals surface area (Å²) in [6.07, 6.45) is 0.271. The Morgan fingerprint density at radius 2 is 0.963 bits per heavy atom. The molecule has 10 amide bonds. The van der Waals surface area contributed by atoms with Gasteiger partial charge in [-0.3, -0.25) is 47.9 Å². The summed E-state index contributed by atoms with van der Waals surface area (Å²) in [5.41, 5.74) is 11.1. The predicted molar refractivity (Wildman–Crippen MR) is 293 cm³/mol.